The summed E-state index contributed by atoms with van der Waals surface area (Å²) in [6, 6.07) is 0. The van der Waals surface area contributed by atoms with Crippen molar-refractivity contribution in [3.8, 4) is 0 Å². The van der Waals surface area contributed by atoms with Gasteiger partial charge in [-0.1, -0.05) is 31.8 Å². The summed E-state index contributed by atoms with van der Waals surface area (Å²) < 4.78 is 11.3. The molecule has 1 aliphatic carbocycles. The number of hydrogen-bond acceptors (Lipinski definition) is 4. The van der Waals surface area contributed by atoms with Gasteiger partial charge >= 0.3 is 0 Å². The molecule has 0 spiro atoms. The van der Waals surface area contributed by atoms with Crippen molar-refractivity contribution in [1.82, 2.24) is 0 Å². The van der Waals surface area contributed by atoms with E-state index in [1.54, 1.807) is 0 Å². The molecule has 0 amide bonds. The largest absolute Gasteiger partial charge is 0.470 e. The van der Waals surface area contributed by atoms with Gasteiger partial charge in [-0.2, -0.15) is 0 Å². The molecule has 1 aliphatic rings. The summed E-state index contributed by atoms with van der Waals surface area (Å²) in [7, 11) is -3.43. The molecule has 136 valence electrons. The van der Waals surface area contributed by atoms with Crippen molar-refractivity contribution < 1.29 is 18.8 Å². The van der Waals surface area contributed by atoms with Crippen molar-refractivity contribution in [2.24, 2.45) is 0 Å². The minimum Gasteiger partial charge on any atom is -0.470 e. The van der Waals surface area contributed by atoms with Crippen molar-refractivity contribution in [3.05, 3.63) is 23.8 Å². The van der Waals surface area contributed by atoms with Gasteiger partial charge < -0.3 is 9.16 Å². The Bertz CT molecular complexity index is 510. The maximum Gasteiger partial charge on any atom is 0.271 e. The molecule has 0 saturated carbocycles. The highest BCUT2D eigenvalue weighted by atomic mass is 28.4. The molecule has 0 aromatic heterocycles. The summed E-state index contributed by atoms with van der Waals surface area (Å²) in [5.74, 6) is 0.201. The van der Waals surface area contributed by atoms with Crippen LogP contribution in [-0.2, 0) is 14.0 Å². The van der Waals surface area contributed by atoms with Crippen molar-refractivity contribution in [2.75, 3.05) is 6.61 Å². The normalized spacial score (nSPS) is 19.0. The van der Waals surface area contributed by atoms with Gasteiger partial charge in [0.15, 0.2) is 22.2 Å². The smallest absolute Gasteiger partial charge is 0.271 e. The first-order valence-corrected chi connectivity index (χ1v) is 15.6. The predicted molar refractivity (Wildman–Crippen MR) is 104 cm³/mol. The Morgan fingerprint density at radius 2 is 1.88 bits per heavy atom. The van der Waals surface area contributed by atoms with E-state index in [-0.39, 0.29) is 17.5 Å². The number of carbonyl (C=O) groups is 2. The summed E-state index contributed by atoms with van der Waals surface area (Å²) in [6.45, 7) is 12.8. The van der Waals surface area contributed by atoms with Crippen molar-refractivity contribution >= 4 is 27.8 Å². The molecule has 1 atom stereocenters. The first kappa shape index (κ1) is 21.1. The molecular formula is C18H32O4Si2. The van der Waals surface area contributed by atoms with Gasteiger partial charge in [0.2, 0.25) is 0 Å². The summed E-state index contributed by atoms with van der Waals surface area (Å²) in [5.41, 5.74) is 0.835. The lowest BCUT2D eigenvalue weighted by atomic mass is 10.1. The summed E-state index contributed by atoms with van der Waals surface area (Å²) in [4.78, 5) is 23.6. The Kier molecular flexibility index (Phi) is 7.83. The second kappa shape index (κ2) is 8.92. The number of rotatable bonds is 9. The van der Waals surface area contributed by atoms with Crippen LogP contribution in [0.2, 0.25) is 39.3 Å². The fourth-order valence-corrected chi connectivity index (χ4v) is 3.91. The molecule has 0 fully saturated rings. The van der Waals surface area contributed by atoms with E-state index in [2.05, 4.69) is 25.7 Å². The Morgan fingerprint density at radius 3 is 2.46 bits per heavy atom. The molecular weight excluding hydrogens is 336 g/mol. The molecule has 0 aromatic rings. The van der Waals surface area contributed by atoms with Crippen LogP contribution >= 0.6 is 0 Å². The lowest BCUT2D eigenvalue weighted by molar-refractivity contribution is -0.115. The van der Waals surface area contributed by atoms with E-state index in [0.717, 1.165) is 18.4 Å². The Labute approximate surface area is 148 Å². The topological polar surface area (TPSA) is 52.6 Å². The molecule has 6 heteroatoms. The van der Waals surface area contributed by atoms with Crippen LogP contribution in [0.1, 0.15) is 25.7 Å². The highest BCUT2D eigenvalue weighted by Crippen LogP contribution is 2.23. The molecule has 24 heavy (non-hydrogen) atoms. The zero-order valence-corrected chi connectivity index (χ0v) is 18.0. The Morgan fingerprint density at radius 1 is 1.21 bits per heavy atom. The van der Waals surface area contributed by atoms with Crippen LogP contribution in [0.4, 0.5) is 4.79 Å². The molecule has 0 aliphatic heterocycles. The van der Waals surface area contributed by atoms with Gasteiger partial charge in [-0.3, -0.25) is 9.59 Å². The highest BCUT2D eigenvalue weighted by molar-refractivity contribution is 7.02. The molecule has 0 saturated heterocycles. The van der Waals surface area contributed by atoms with Crippen molar-refractivity contribution in [1.29, 1.82) is 0 Å². The average Bonchev–Trinajstić information content (AvgIpc) is 2.74. The van der Waals surface area contributed by atoms with E-state index in [1.807, 2.05) is 31.8 Å². The molecule has 4 nitrogen and oxygen atoms in total. The van der Waals surface area contributed by atoms with Crippen LogP contribution in [-0.4, -0.2) is 40.5 Å². The second-order valence-corrected chi connectivity index (χ2v) is 17.7. The third-order valence-electron chi connectivity index (χ3n) is 3.50. The van der Waals surface area contributed by atoms with Crippen LogP contribution in [0.25, 0.3) is 0 Å². The number of hydrogen-bond donors (Lipinski definition) is 0. The first-order chi connectivity index (χ1) is 11.0. The fourth-order valence-electron chi connectivity index (χ4n) is 2.31. The standard InChI is InChI=1S/C18H32O4Si2/c1-23(2,3)18(20)21-12-10-8-7-9-11-15-13-16(14-17(15)19)22-24(4,5)6/h7,9,13,16H,8,10-12,14H2,1-6H3. The molecule has 0 radical (unpaired) electrons. The van der Waals surface area contributed by atoms with Crippen LogP contribution in [0.3, 0.4) is 0 Å². The minimum absolute atomic E-state index is 0.0263. The van der Waals surface area contributed by atoms with Gasteiger partial charge in [0.1, 0.15) is 0 Å². The maximum atomic E-state index is 12.0. The molecule has 1 unspecified atom stereocenters. The van der Waals surface area contributed by atoms with Crippen LogP contribution in [0.15, 0.2) is 23.8 Å². The zero-order chi connectivity index (χ0) is 18.4. The van der Waals surface area contributed by atoms with E-state index in [1.165, 1.54) is 0 Å². The lowest BCUT2D eigenvalue weighted by Gasteiger charge is -2.21. The molecule has 1 rings (SSSR count). The van der Waals surface area contributed by atoms with Gasteiger partial charge in [0.05, 0.1) is 12.7 Å². The van der Waals surface area contributed by atoms with Gasteiger partial charge in [0, 0.05) is 6.42 Å². The summed E-state index contributed by atoms with van der Waals surface area (Å²) >= 11 is 0. The molecule has 0 bridgehead atoms. The fraction of sp³-hybridized carbons (Fsp3) is 0.667. The summed E-state index contributed by atoms with van der Waals surface area (Å²) in [6.07, 6.45) is 8.87. The quantitative estimate of drug-likeness (QED) is 0.330. The Balaban J connectivity index is 2.26. The molecule has 0 aromatic carbocycles. The third kappa shape index (κ3) is 8.21. The van der Waals surface area contributed by atoms with Crippen LogP contribution in [0, 0.1) is 0 Å². The second-order valence-electron chi connectivity index (χ2n) is 8.29. The number of allylic oxidation sites excluding steroid dienone is 3. The summed E-state index contributed by atoms with van der Waals surface area (Å²) in [5, 5.41) is 0. The zero-order valence-electron chi connectivity index (χ0n) is 16.0. The van der Waals surface area contributed by atoms with Gasteiger partial charge in [-0.15, -0.1) is 0 Å². The van der Waals surface area contributed by atoms with Gasteiger partial charge in [-0.25, -0.2) is 0 Å². The minimum atomic E-state index is -1.82. The number of ketones is 1. The first-order valence-electron chi connectivity index (χ1n) is 8.73. The highest BCUT2D eigenvalue weighted by Gasteiger charge is 2.28. The van der Waals surface area contributed by atoms with E-state index in [0.29, 0.717) is 19.4 Å². The number of Topliss-reactive ketones (excluding diaryl/α,β-unsaturated/α-hetero) is 1. The van der Waals surface area contributed by atoms with Crippen molar-refractivity contribution in [2.45, 2.75) is 71.1 Å². The maximum absolute atomic E-state index is 12.0. The SMILES string of the molecule is C[Si](C)(C)OC1C=C(CC=CCCCOC(=O)[Si](C)(C)C)C(=O)C1. The predicted octanol–water partition coefficient (Wildman–Crippen LogP) is 4.89. The number of carbonyl (C=O) groups excluding carboxylic acids is 2. The van der Waals surface area contributed by atoms with E-state index < -0.39 is 16.4 Å². The van der Waals surface area contributed by atoms with Crippen molar-refractivity contribution in [3.63, 3.8) is 0 Å². The van der Waals surface area contributed by atoms with Gasteiger partial charge in [0.25, 0.3) is 5.59 Å². The molecule has 0 heterocycles. The number of unbranched alkanes of at least 4 members (excludes halogenated alkanes) is 1. The average molecular weight is 369 g/mol. The van der Waals surface area contributed by atoms with Gasteiger partial charge in [-0.05, 0) is 50.6 Å². The van der Waals surface area contributed by atoms with E-state index in [9.17, 15) is 9.59 Å². The third-order valence-corrected chi connectivity index (χ3v) is 5.88. The molecule has 0 N–H and O–H groups in total. The van der Waals surface area contributed by atoms with E-state index >= 15 is 0 Å². The van der Waals surface area contributed by atoms with Crippen LogP contribution < -0.4 is 0 Å². The Hall–Kier alpha value is -0.986. The van der Waals surface area contributed by atoms with E-state index in [4.69, 9.17) is 9.16 Å². The van der Waals surface area contributed by atoms with Crippen LogP contribution in [0.5, 0.6) is 0 Å². The number of ether oxygens (including phenoxy) is 1. The monoisotopic (exact) mass is 368 g/mol. The lowest BCUT2D eigenvalue weighted by Crippen LogP contribution is -2.34.